The highest BCUT2D eigenvalue weighted by Crippen LogP contribution is 2.29. The van der Waals surface area contributed by atoms with E-state index in [1.807, 2.05) is 10.9 Å². The van der Waals surface area contributed by atoms with Crippen molar-refractivity contribution in [2.45, 2.75) is 33.1 Å². The Hall–Kier alpha value is -3.21. The Kier molecular flexibility index (Phi) is 4.95. The molecule has 1 aliphatic rings. The molecule has 0 saturated carbocycles. The van der Waals surface area contributed by atoms with Crippen molar-refractivity contribution in [2.24, 2.45) is 5.92 Å². The number of aromatic nitrogens is 4. The molecule has 1 fully saturated rings. The predicted molar refractivity (Wildman–Crippen MR) is 121 cm³/mol. The molecule has 3 heterocycles. The molecule has 2 aromatic carbocycles. The van der Waals surface area contributed by atoms with Gasteiger partial charge in [0, 0.05) is 13.1 Å². The second-order valence-corrected chi connectivity index (χ2v) is 8.46. The Bertz CT molecular complexity index is 1140. The maximum Gasteiger partial charge on any atom is 0.168 e. The highest BCUT2D eigenvalue weighted by molar-refractivity contribution is 5.87. The van der Waals surface area contributed by atoms with Crippen LogP contribution in [0, 0.1) is 19.8 Å². The number of hydrogen-bond donors (Lipinski definition) is 0. The first-order valence-electron chi connectivity index (χ1n) is 10.7. The lowest BCUT2D eigenvalue weighted by Gasteiger charge is -2.33. The molecule has 4 aromatic rings. The quantitative estimate of drug-likeness (QED) is 0.492. The van der Waals surface area contributed by atoms with Gasteiger partial charge in [-0.3, -0.25) is 0 Å². The SMILES string of the molecule is Cc1cc(C)cc(-n2ncc3c(N4CCC(Cc5ccccc5)CC4)ncnc32)c1. The van der Waals surface area contributed by atoms with Gasteiger partial charge in [0.1, 0.15) is 12.1 Å². The topological polar surface area (TPSA) is 46.8 Å². The van der Waals surface area contributed by atoms with Gasteiger partial charge in [0.15, 0.2) is 5.65 Å². The molecule has 5 nitrogen and oxygen atoms in total. The molecule has 5 heteroatoms. The van der Waals surface area contributed by atoms with Crippen molar-refractivity contribution in [3.63, 3.8) is 0 Å². The zero-order valence-electron chi connectivity index (χ0n) is 17.6. The summed E-state index contributed by atoms with van der Waals surface area (Å²) in [6, 6.07) is 17.3. The van der Waals surface area contributed by atoms with E-state index in [-0.39, 0.29) is 0 Å². The first-order chi connectivity index (χ1) is 14.7. The van der Waals surface area contributed by atoms with Crippen LogP contribution in [0.5, 0.6) is 0 Å². The van der Waals surface area contributed by atoms with E-state index in [1.54, 1.807) is 6.33 Å². The van der Waals surface area contributed by atoms with Crippen LogP contribution in [0.1, 0.15) is 29.5 Å². The van der Waals surface area contributed by atoms with Gasteiger partial charge >= 0.3 is 0 Å². The fourth-order valence-corrected chi connectivity index (χ4v) is 4.64. The summed E-state index contributed by atoms with van der Waals surface area (Å²) in [5.74, 6) is 1.74. The van der Waals surface area contributed by atoms with Gasteiger partial charge < -0.3 is 4.90 Å². The minimum Gasteiger partial charge on any atom is -0.356 e. The summed E-state index contributed by atoms with van der Waals surface area (Å²) < 4.78 is 1.93. The summed E-state index contributed by atoms with van der Waals surface area (Å²) in [5, 5.41) is 5.69. The van der Waals surface area contributed by atoms with E-state index in [0.717, 1.165) is 41.5 Å². The van der Waals surface area contributed by atoms with Crippen LogP contribution in [0.15, 0.2) is 61.1 Å². The Morgan fingerprint density at radius 3 is 2.40 bits per heavy atom. The Morgan fingerprint density at radius 1 is 0.933 bits per heavy atom. The third-order valence-corrected chi connectivity index (χ3v) is 6.08. The van der Waals surface area contributed by atoms with Crippen LogP contribution < -0.4 is 4.90 Å². The molecule has 1 aliphatic heterocycles. The van der Waals surface area contributed by atoms with E-state index < -0.39 is 0 Å². The van der Waals surface area contributed by atoms with Gasteiger partial charge in [0.25, 0.3) is 0 Å². The molecular weight excluding hydrogens is 370 g/mol. The minimum absolute atomic E-state index is 0.735. The van der Waals surface area contributed by atoms with E-state index in [1.165, 1.54) is 36.0 Å². The number of anilines is 1. The molecule has 152 valence electrons. The summed E-state index contributed by atoms with van der Waals surface area (Å²) >= 11 is 0. The Morgan fingerprint density at radius 2 is 1.67 bits per heavy atom. The van der Waals surface area contributed by atoms with Crippen molar-refractivity contribution in [2.75, 3.05) is 18.0 Å². The second kappa shape index (κ2) is 7.90. The van der Waals surface area contributed by atoms with Gasteiger partial charge in [-0.05, 0) is 67.9 Å². The zero-order valence-corrected chi connectivity index (χ0v) is 17.6. The van der Waals surface area contributed by atoms with Gasteiger partial charge in [0.05, 0.1) is 17.3 Å². The van der Waals surface area contributed by atoms with E-state index in [2.05, 4.69) is 82.3 Å². The van der Waals surface area contributed by atoms with Gasteiger partial charge in [-0.1, -0.05) is 36.4 Å². The molecular formula is C25H27N5. The van der Waals surface area contributed by atoms with Gasteiger partial charge in [0.2, 0.25) is 0 Å². The first-order valence-corrected chi connectivity index (χ1v) is 10.7. The largest absolute Gasteiger partial charge is 0.356 e. The number of aryl methyl sites for hydroxylation is 2. The van der Waals surface area contributed by atoms with E-state index >= 15 is 0 Å². The summed E-state index contributed by atoms with van der Waals surface area (Å²) in [5.41, 5.74) is 5.81. The van der Waals surface area contributed by atoms with Gasteiger partial charge in [-0.25, -0.2) is 14.6 Å². The maximum absolute atomic E-state index is 4.66. The molecule has 0 amide bonds. The van der Waals surface area contributed by atoms with Crippen molar-refractivity contribution in [1.29, 1.82) is 0 Å². The summed E-state index contributed by atoms with van der Waals surface area (Å²) in [6.07, 6.45) is 7.13. The molecule has 0 spiro atoms. The summed E-state index contributed by atoms with van der Waals surface area (Å²) in [7, 11) is 0. The molecule has 30 heavy (non-hydrogen) atoms. The highest BCUT2D eigenvalue weighted by atomic mass is 15.3. The summed E-state index contributed by atoms with van der Waals surface area (Å²) in [6.45, 7) is 6.28. The lowest BCUT2D eigenvalue weighted by Crippen LogP contribution is -2.35. The fraction of sp³-hybridized carbons (Fsp3) is 0.320. The lowest BCUT2D eigenvalue weighted by molar-refractivity contribution is 0.402. The normalized spacial score (nSPS) is 15.1. The van der Waals surface area contributed by atoms with E-state index in [0.29, 0.717) is 0 Å². The van der Waals surface area contributed by atoms with Crippen molar-refractivity contribution in [1.82, 2.24) is 19.7 Å². The van der Waals surface area contributed by atoms with E-state index in [4.69, 9.17) is 0 Å². The Balaban J connectivity index is 1.38. The number of hydrogen-bond acceptors (Lipinski definition) is 4. The predicted octanol–water partition coefficient (Wildman–Crippen LogP) is 4.89. The highest BCUT2D eigenvalue weighted by Gasteiger charge is 2.23. The van der Waals surface area contributed by atoms with Crippen molar-refractivity contribution in [3.8, 4) is 5.69 Å². The molecule has 0 unspecified atom stereocenters. The van der Waals surface area contributed by atoms with E-state index in [9.17, 15) is 0 Å². The average Bonchev–Trinajstić information content (AvgIpc) is 3.19. The van der Waals surface area contributed by atoms with Gasteiger partial charge in [-0.2, -0.15) is 5.10 Å². The number of benzene rings is 2. The van der Waals surface area contributed by atoms with Crippen LogP contribution in [-0.2, 0) is 6.42 Å². The first kappa shape index (κ1) is 18.8. The fourth-order valence-electron chi connectivity index (χ4n) is 4.64. The smallest absolute Gasteiger partial charge is 0.168 e. The molecule has 0 bridgehead atoms. The van der Waals surface area contributed by atoms with Crippen molar-refractivity contribution < 1.29 is 0 Å². The molecule has 0 N–H and O–H groups in total. The van der Waals surface area contributed by atoms with Crippen LogP contribution in [0.25, 0.3) is 16.7 Å². The second-order valence-electron chi connectivity index (χ2n) is 8.46. The van der Waals surface area contributed by atoms with Gasteiger partial charge in [-0.15, -0.1) is 0 Å². The molecule has 0 radical (unpaired) electrons. The van der Waals surface area contributed by atoms with Crippen LogP contribution in [0.3, 0.4) is 0 Å². The average molecular weight is 398 g/mol. The molecule has 5 rings (SSSR count). The van der Waals surface area contributed by atoms with Crippen LogP contribution in [0.2, 0.25) is 0 Å². The standard InChI is InChI=1S/C25H27N5/c1-18-12-19(2)14-22(13-18)30-25-23(16-28-30)24(26-17-27-25)29-10-8-21(9-11-29)15-20-6-4-3-5-7-20/h3-7,12-14,16-17,21H,8-11,15H2,1-2H3. The maximum atomic E-state index is 4.66. The molecule has 0 aliphatic carbocycles. The van der Waals surface area contributed by atoms with Crippen molar-refractivity contribution >= 4 is 16.9 Å². The summed E-state index contributed by atoms with van der Waals surface area (Å²) in [4.78, 5) is 11.6. The van der Waals surface area contributed by atoms with Crippen LogP contribution >= 0.6 is 0 Å². The molecule has 0 atom stereocenters. The van der Waals surface area contributed by atoms with Crippen molar-refractivity contribution in [3.05, 3.63) is 77.7 Å². The number of rotatable bonds is 4. The third kappa shape index (κ3) is 3.67. The third-order valence-electron chi connectivity index (χ3n) is 6.08. The molecule has 2 aromatic heterocycles. The Labute approximate surface area is 177 Å². The van der Waals surface area contributed by atoms with Crippen LogP contribution in [-0.4, -0.2) is 32.8 Å². The van der Waals surface area contributed by atoms with Crippen LogP contribution in [0.4, 0.5) is 5.82 Å². The minimum atomic E-state index is 0.735. The zero-order chi connectivity index (χ0) is 20.5. The monoisotopic (exact) mass is 397 g/mol. The number of nitrogens with zero attached hydrogens (tertiary/aromatic N) is 5. The number of fused-ring (bicyclic) bond motifs is 1. The lowest BCUT2D eigenvalue weighted by atomic mass is 9.90. The molecule has 1 saturated heterocycles. The number of piperidine rings is 1.